The maximum Gasteiger partial charge on any atom is 0.240 e. The summed E-state index contributed by atoms with van der Waals surface area (Å²) in [6.45, 7) is 3.51. The average molecular weight is 425 g/mol. The van der Waals surface area contributed by atoms with E-state index in [4.69, 9.17) is 25.8 Å². The molecule has 150 valence electrons. The molecule has 0 amide bonds. The van der Waals surface area contributed by atoms with E-state index < -0.39 is 10.0 Å². The van der Waals surface area contributed by atoms with Gasteiger partial charge in [0.05, 0.1) is 4.90 Å². The number of para-hydroxylation sites is 1. The minimum Gasteiger partial charge on any atom is -0.488 e. The molecular weight excluding hydrogens is 404 g/mol. The molecule has 2 heterocycles. The summed E-state index contributed by atoms with van der Waals surface area (Å²) < 4.78 is 44.4. The number of rotatable bonds is 7. The van der Waals surface area contributed by atoms with Crippen LogP contribution in [0.4, 0.5) is 0 Å². The third-order valence-corrected chi connectivity index (χ3v) is 6.39. The van der Waals surface area contributed by atoms with Crippen molar-refractivity contribution in [1.29, 1.82) is 0 Å². The maximum absolute atomic E-state index is 12.4. The minimum absolute atomic E-state index is 0.109. The van der Waals surface area contributed by atoms with E-state index >= 15 is 0 Å². The molecule has 0 atom stereocenters. The van der Waals surface area contributed by atoms with Crippen LogP contribution in [0.15, 0.2) is 47.4 Å². The number of nitrogens with zero attached hydrogens (tertiary/aromatic N) is 1. The van der Waals surface area contributed by atoms with Gasteiger partial charge in [0, 0.05) is 30.7 Å². The Bertz CT molecular complexity index is 930. The monoisotopic (exact) mass is 424 g/mol. The Morgan fingerprint density at radius 2 is 1.86 bits per heavy atom. The van der Waals surface area contributed by atoms with E-state index in [2.05, 4.69) is 9.62 Å². The Morgan fingerprint density at radius 1 is 1.11 bits per heavy atom. The number of likely N-dealkylation sites (tertiary alicyclic amines) is 1. The van der Waals surface area contributed by atoms with E-state index in [0.717, 1.165) is 0 Å². The third kappa shape index (κ3) is 4.35. The normalized spacial score (nSPS) is 17.2. The van der Waals surface area contributed by atoms with Gasteiger partial charge in [-0.05, 0) is 36.4 Å². The van der Waals surface area contributed by atoms with E-state index in [1.165, 1.54) is 12.1 Å². The van der Waals surface area contributed by atoms with Crippen LogP contribution in [0.3, 0.4) is 0 Å². The molecule has 4 rings (SSSR count). The number of fused-ring (bicyclic) bond motifs is 1. The van der Waals surface area contributed by atoms with Gasteiger partial charge in [0.2, 0.25) is 15.8 Å². The van der Waals surface area contributed by atoms with Crippen LogP contribution < -0.4 is 18.9 Å². The maximum atomic E-state index is 12.4. The van der Waals surface area contributed by atoms with Crippen molar-refractivity contribution in [2.24, 2.45) is 0 Å². The second-order valence-electron chi connectivity index (χ2n) is 6.66. The van der Waals surface area contributed by atoms with Crippen molar-refractivity contribution < 1.29 is 22.6 Å². The molecule has 9 heteroatoms. The fourth-order valence-corrected chi connectivity index (χ4v) is 4.52. The third-order valence-electron chi connectivity index (χ3n) is 4.60. The summed E-state index contributed by atoms with van der Waals surface area (Å²) in [6.07, 6.45) is 0. The zero-order valence-electron chi connectivity index (χ0n) is 15.1. The molecular formula is C19H21ClN2O5S. The molecule has 0 aromatic heterocycles. The van der Waals surface area contributed by atoms with Gasteiger partial charge in [0.1, 0.15) is 19.8 Å². The van der Waals surface area contributed by atoms with Crippen molar-refractivity contribution in [3.05, 3.63) is 47.5 Å². The summed E-state index contributed by atoms with van der Waals surface area (Å²) in [5.74, 6) is 2.01. The van der Waals surface area contributed by atoms with Crippen LogP contribution >= 0.6 is 11.6 Å². The standard InChI is InChI=1S/C19H21ClN2O5S/c20-14-4-6-16(7-5-14)28(23,24)21-15-12-22(13-15)8-9-25-17-2-1-3-18-19(17)27-11-10-26-18/h1-7,15,21H,8-13H2. The van der Waals surface area contributed by atoms with Crippen LogP contribution in [0, 0.1) is 0 Å². The molecule has 28 heavy (non-hydrogen) atoms. The van der Waals surface area contributed by atoms with Crippen LogP contribution in [0.1, 0.15) is 0 Å². The predicted octanol–water partition coefficient (Wildman–Crippen LogP) is 2.15. The first-order valence-corrected chi connectivity index (χ1v) is 10.9. The second kappa shape index (κ2) is 8.16. The predicted molar refractivity (Wildman–Crippen MR) is 105 cm³/mol. The average Bonchev–Trinajstić information content (AvgIpc) is 2.66. The summed E-state index contributed by atoms with van der Waals surface area (Å²) in [5.41, 5.74) is 0. The van der Waals surface area contributed by atoms with Crippen LogP contribution in [0.5, 0.6) is 17.2 Å². The fraction of sp³-hybridized carbons (Fsp3) is 0.368. The SMILES string of the molecule is O=S(=O)(NC1CN(CCOc2cccc3c2OCCO3)C1)c1ccc(Cl)cc1. The second-order valence-corrected chi connectivity index (χ2v) is 8.81. The Labute approximate surface area is 169 Å². The molecule has 2 aromatic rings. The van der Waals surface area contributed by atoms with Gasteiger partial charge >= 0.3 is 0 Å². The largest absolute Gasteiger partial charge is 0.488 e. The highest BCUT2D eigenvalue weighted by Crippen LogP contribution is 2.38. The van der Waals surface area contributed by atoms with E-state index in [0.29, 0.717) is 61.7 Å². The Kier molecular flexibility index (Phi) is 5.63. The zero-order valence-corrected chi connectivity index (χ0v) is 16.7. The summed E-state index contributed by atoms with van der Waals surface area (Å²) >= 11 is 5.81. The summed E-state index contributed by atoms with van der Waals surface area (Å²) in [4.78, 5) is 2.34. The van der Waals surface area contributed by atoms with Crippen molar-refractivity contribution in [2.75, 3.05) is 39.5 Å². The molecule has 2 aromatic carbocycles. The summed E-state index contributed by atoms with van der Waals surface area (Å²) in [5, 5.41) is 0.505. The summed E-state index contributed by atoms with van der Waals surface area (Å²) in [7, 11) is -3.53. The Morgan fingerprint density at radius 3 is 2.64 bits per heavy atom. The van der Waals surface area contributed by atoms with Gasteiger partial charge < -0.3 is 14.2 Å². The number of hydrogen-bond acceptors (Lipinski definition) is 6. The quantitative estimate of drug-likeness (QED) is 0.734. The lowest BCUT2D eigenvalue weighted by atomic mass is 10.1. The molecule has 1 fully saturated rings. The van der Waals surface area contributed by atoms with Crippen LogP contribution in [-0.2, 0) is 10.0 Å². The van der Waals surface area contributed by atoms with Gasteiger partial charge in [-0.25, -0.2) is 13.1 Å². The highest BCUT2D eigenvalue weighted by Gasteiger charge is 2.30. The van der Waals surface area contributed by atoms with Gasteiger partial charge in [-0.3, -0.25) is 4.90 Å². The van der Waals surface area contributed by atoms with Crippen LogP contribution in [0.25, 0.3) is 0 Å². The van der Waals surface area contributed by atoms with E-state index in [1.807, 2.05) is 18.2 Å². The first-order chi connectivity index (χ1) is 13.5. The van der Waals surface area contributed by atoms with Crippen LogP contribution in [0.2, 0.25) is 5.02 Å². The molecule has 2 aliphatic heterocycles. The van der Waals surface area contributed by atoms with Crippen molar-refractivity contribution in [1.82, 2.24) is 9.62 Å². The topological polar surface area (TPSA) is 77.1 Å². The highest BCUT2D eigenvalue weighted by molar-refractivity contribution is 7.89. The molecule has 0 unspecified atom stereocenters. The first-order valence-electron chi connectivity index (χ1n) is 9.03. The summed E-state index contributed by atoms with van der Waals surface area (Å²) in [6, 6.07) is 11.6. The lowest BCUT2D eigenvalue weighted by molar-refractivity contribution is 0.112. The Hall–Kier alpha value is -2.00. The van der Waals surface area contributed by atoms with Crippen molar-refractivity contribution in [3.63, 3.8) is 0 Å². The van der Waals surface area contributed by atoms with Gasteiger partial charge in [-0.15, -0.1) is 0 Å². The highest BCUT2D eigenvalue weighted by atomic mass is 35.5. The lowest BCUT2D eigenvalue weighted by Gasteiger charge is -2.39. The van der Waals surface area contributed by atoms with E-state index in [1.54, 1.807) is 12.1 Å². The molecule has 1 N–H and O–H groups in total. The van der Waals surface area contributed by atoms with Gasteiger partial charge in [-0.1, -0.05) is 17.7 Å². The van der Waals surface area contributed by atoms with Crippen molar-refractivity contribution in [3.8, 4) is 17.2 Å². The Balaban J connectivity index is 1.23. The number of ether oxygens (including phenoxy) is 3. The zero-order chi connectivity index (χ0) is 19.6. The molecule has 7 nitrogen and oxygen atoms in total. The smallest absolute Gasteiger partial charge is 0.240 e. The molecule has 2 aliphatic rings. The minimum atomic E-state index is -3.53. The molecule has 0 radical (unpaired) electrons. The fourth-order valence-electron chi connectivity index (χ4n) is 3.17. The molecule has 0 spiro atoms. The van der Waals surface area contributed by atoms with E-state index in [9.17, 15) is 8.42 Å². The molecule has 0 bridgehead atoms. The molecule has 0 saturated carbocycles. The van der Waals surface area contributed by atoms with Crippen molar-refractivity contribution in [2.45, 2.75) is 10.9 Å². The first kappa shape index (κ1) is 19.3. The van der Waals surface area contributed by atoms with Gasteiger partial charge in [0.15, 0.2) is 11.5 Å². The lowest BCUT2D eigenvalue weighted by Crippen LogP contribution is -2.59. The van der Waals surface area contributed by atoms with Crippen molar-refractivity contribution >= 4 is 21.6 Å². The van der Waals surface area contributed by atoms with Gasteiger partial charge in [-0.2, -0.15) is 0 Å². The number of benzene rings is 2. The van der Waals surface area contributed by atoms with Gasteiger partial charge in [0.25, 0.3) is 0 Å². The molecule has 1 saturated heterocycles. The van der Waals surface area contributed by atoms with E-state index in [-0.39, 0.29) is 10.9 Å². The van der Waals surface area contributed by atoms with Crippen LogP contribution in [-0.4, -0.2) is 58.8 Å². The number of sulfonamides is 1. The number of hydrogen-bond donors (Lipinski definition) is 1. The molecule has 0 aliphatic carbocycles. The number of nitrogens with one attached hydrogen (secondary N) is 1. The number of halogens is 1.